The third-order valence-corrected chi connectivity index (χ3v) is 2.53. The molecule has 0 unspecified atom stereocenters. The van der Waals surface area contributed by atoms with E-state index in [1.54, 1.807) is 10.9 Å². The van der Waals surface area contributed by atoms with E-state index >= 15 is 0 Å². The Bertz CT molecular complexity index is 574. The maximum absolute atomic E-state index is 11.8. The molecule has 2 rings (SSSR count). The fourth-order valence-corrected chi connectivity index (χ4v) is 1.64. The Morgan fingerprint density at radius 1 is 1.37 bits per heavy atom. The molecule has 1 aromatic carbocycles. The Hall–Kier alpha value is -2.70. The molecule has 0 atom stereocenters. The van der Waals surface area contributed by atoms with Gasteiger partial charge < -0.3 is 21.3 Å². The number of rotatable bonds is 4. The number of hydrogen-bond acceptors (Lipinski definition) is 5. The van der Waals surface area contributed by atoms with Crippen LogP contribution in [0.1, 0.15) is 10.4 Å². The smallest absolute Gasteiger partial charge is 0.258 e. The fraction of sp³-hybridized carbons (Fsp3) is 0.167. The number of aromatic hydroxyl groups is 2. The second-order valence-corrected chi connectivity index (χ2v) is 3.96. The van der Waals surface area contributed by atoms with E-state index in [4.69, 9.17) is 5.73 Å². The Balaban J connectivity index is 1.94. The number of carbonyl (C=O) groups is 1. The maximum Gasteiger partial charge on any atom is 0.258 e. The van der Waals surface area contributed by atoms with Crippen LogP contribution in [0.5, 0.6) is 11.5 Å². The molecule has 0 aliphatic heterocycles. The number of nitrogens with zero attached hydrogens (tertiary/aromatic N) is 2. The predicted molar refractivity (Wildman–Crippen MR) is 68.7 cm³/mol. The number of benzene rings is 1. The zero-order valence-electron chi connectivity index (χ0n) is 10.1. The minimum Gasteiger partial charge on any atom is -0.507 e. The molecular weight excluding hydrogens is 248 g/mol. The molecule has 19 heavy (non-hydrogen) atoms. The van der Waals surface area contributed by atoms with Crippen molar-refractivity contribution >= 4 is 11.6 Å². The first kappa shape index (κ1) is 12.7. The van der Waals surface area contributed by atoms with Crippen LogP contribution in [0, 0.1) is 0 Å². The highest BCUT2D eigenvalue weighted by atomic mass is 16.3. The summed E-state index contributed by atoms with van der Waals surface area (Å²) in [6.07, 6.45) is 3.15. The highest BCUT2D eigenvalue weighted by Crippen LogP contribution is 2.25. The standard InChI is InChI=1S/C12H14N4O3/c13-8-6-15-16(7-8)5-4-14-12(19)11-9(17)2-1-3-10(11)18/h1-3,6-7,17-18H,4-5,13H2,(H,14,19). The van der Waals surface area contributed by atoms with Crippen molar-refractivity contribution in [3.8, 4) is 11.5 Å². The molecule has 1 amide bonds. The first-order chi connectivity index (χ1) is 9.08. The van der Waals surface area contributed by atoms with Gasteiger partial charge in [-0.2, -0.15) is 5.10 Å². The molecule has 0 fully saturated rings. The van der Waals surface area contributed by atoms with Crippen LogP contribution in [-0.4, -0.2) is 32.4 Å². The van der Waals surface area contributed by atoms with Crippen LogP contribution >= 0.6 is 0 Å². The number of phenols is 2. The summed E-state index contributed by atoms with van der Waals surface area (Å²) in [4.78, 5) is 11.8. The van der Waals surface area contributed by atoms with Gasteiger partial charge in [0.2, 0.25) is 0 Å². The van der Waals surface area contributed by atoms with E-state index < -0.39 is 5.91 Å². The van der Waals surface area contributed by atoms with E-state index in [1.165, 1.54) is 24.4 Å². The number of carbonyl (C=O) groups excluding carboxylic acids is 1. The average molecular weight is 262 g/mol. The number of nitrogens with one attached hydrogen (secondary N) is 1. The molecule has 1 heterocycles. The average Bonchev–Trinajstić information content (AvgIpc) is 2.75. The Morgan fingerprint density at radius 2 is 2.05 bits per heavy atom. The number of nitrogen functional groups attached to an aromatic ring is 1. The van der Waals surface area contributed by atoms with Gasteiger partial charge in [-0.3, -0.25) is 9.48 Å². The molecule has 0 radical (unpaired) electrons. The SMILES string of the molecule is Nc1cnn(CCNC(=O)c2c(O)cccc2O)c1. The maximum atomic E-state index is 11.8. The van der Waals surface area contributed by atoms with E-state index in [2.05, 4.69) is 10.4 Å². The van der Waals surface area contributed by atoms with E-state index in [-0.39, 0.29) is 17.1 Å². The molecule has 0 saturated heterocycles. The summed E-state index contributed by atoms with van der Waals surface area (Å²) >= 11 is 0. The zero-order valence-corrected chi connectivity index (χ0v) is 10.1. The molecule has 1 aromatic heterocycles. The van der Waals surface area contributed by atoms with Gasteiger partial charge in [-0.05, 0) is 12.1 Å². The lowest BCUT2D eigenvalue weighted by atomic mass is 10.1. The Kier molecular flexibility index (Phi) is 3.56. The monoisotopic (exact) mass is 262 g/mol. The van der Waals surface area contributed by atoms with E-state index in [1.807, 2.05) is 0 Å². The van der Waals surface area contributed by atoms with E-state index in [0.29, 0.717) is 18.8 Å². The van der Waals surface area contributed by atoms with E-state index in [0.717, 1.165) is 0 Å². The minimum absolute atomic E-state index is 0.137. The summed E-state index contributed by atoms with van der Waals surface area (Å²) in [5.41, 5.74) is 5.91. The number of anilines is 1. The van der Waals surface area contributed by atoms with Gasteiger partial charge in [-0.25, -0.2) is 0 Å². The van der Waals surface area contributed by atoms with Crippen molar-refractivity contribution in [1.82, 2.24) is 15.1 Å². The number of amides is 1. The predicted octanol–water partition coefficient (Wildman–Crippen LogP) is 0.306. The van der Waals surface area contributed by atoms with Crippen molar-refractivity contribution in [2.45, 2.75) is 6.54 Å². The summed E-state index contributed by atoms with van der Waals surface area (Å²) in [5.74, 6) is -1.07. The van der Waals surface area contributed by atoms with Crippen molar-refractivity contribution in [3.63, 3.8) is 0 Å². The van der Waals surface area contributed by atoms with Crippen molar-refractivity contribution in [3.05, 3.63) is 36.2 Å². The first-order valence-corrected chi connectivity index (χ1v) is 5.65. The molecule has 0 aliphatic rings. The van der Waals surface area contributed by atoms with E-state index in [9.17, 15) is 15.0 Å². The summed E-state index contributed by atoms with van der Waals surface area (Å²) in [6.45, 7) is 0.741. The first-order valence-electron chi connectivity index (χ1n) is 5.65. The highest BCUT2D eigenvalue weighted by molar-refractivity contribution is 5.99. The van der Waals surface area contributed by atoms with Crippen molar-refractivity contribution in [2.24, 2.45) is 0 Å². The molecular formula is C12H14N4O3. The molecule has 7 heteroatoms. The fourth-order valence-electron chi connectivity index (χ4n) is 1.64. The largest absolute Gasteiger partial charge is 0.507 e. The van der Waals surface area contributed by atoms with Crippen molar-refractivity contribution in [2.75, 3.05) is 12.3 Å². The van der Waals surface area contributed by atoms with Crippen molar-refractivity contribution in [1.29, 1.82) is 0 Å². The normalized spacial score (nSPS) is 10.3. The van der Waals surface area contributed by atoms with Crippen LogP contribution < -0.4 is 11.1 Å². The van der Waals surface area contributed by atoms with Gasteiger partial charge in [-0.15, -0.1) is 0 Å². The third kappa shape index (κ3) is 2.95. The lowest BCUT2D eigenvalue weighted by Gasteiger charge is -2.08. The summed E-state index contributed by atoms with van der Waals surface area (Å²) in [6, 6.07) is 4.12. The molecule has 0 aliphatic carbocycles. The van der Waals surface area contributed by atoms with Gasteiger partial charge in [0.1, 0.15) is 17.1 Å². The molecule has 0 bridgehead atoms. The van der Waals surface area contributed by atoms with Gasteiger partial charge in [0.05, 0.1) is 18.4 Å². The highest BCUT2D eigenvalue weighted by Gasteiger charge is 2.15. The Labute approximate surface area is 109 Å². The van der Waals surface area contributed by atoms with Gasteiger partial charge in [0.25, 0.3) is 5.91 Å². The molecule has 100 valence electrons. The lowest BCUT2D eigenvalue weighted by Crippen LogP contribution is -2.27. The number of hydrogen-bond donors (Lipinski definition) is 4. The van der Waals surface area contributed by atoms with Gasteiger partial charge in [-0.1, -0.05) is 6.07 Å². The van der Waals surface area contributed by atoms with Crippen LogP contribution in [0.4, 0.5) is 5.69 Å². The van der Waals surface area contributed by atoms with Crippen LogP contribution in [-0.2, 0) is 6.54 Å². The molecule has 0 saturated carbocycles. The molecule has 2 aromatic rings. The van der Waals surface area contributed by atoms with Gasteiger partial charge in [0, 0.05) is 12.7 Å². The summed E-state index contributed by atoms with van der Waals surface area (Å²) in [7, 11) is 0. The second kappa shape index (κ2) is 5.30. The van der Waals surface area contributed by atoms with Crippen LogP contribution in [0.2, 0.25) is 0 Å². The van der Waals surface area contributed by atoms with Gasteiger partial charge in [0.15, 0.2) is 0 Å². The third-order valence-electron chi connectivity index (χ3n) is 2.53. The summed E-state index contributed by atoms with van der Waals surface area (Å²) < 4.78 is 1.58. The van der Waals surface area contributed by atoms with Crippen LogP contribution in [0.3, 0.4) is 0 Å². The van der Waals surface area contributed by atoms with Crippen LogP contribution in [0.15, 0.2) is 30.6 Å². The van der Waals surface area contributed by atoms with Crippen LogP contribution in [0.25, 0.3) is 0 Å². The van der Waals surface area contributed by atoms with Gasteiger partial charge >= 0.3 is 0 Å². The zero-order chi connectivity index (χ0) is 13.8. The number of aromatic nitrogens is 2. The quantitative estimate of drug-likeness (QED) is 0.633. The molecule has 0 spiro atoms. The second-order valence-electron chi connectivity index (χ2n) is 3.96. The summed E-state index contributed by atoms with van der Waals surface area (Å²) in [5, 5.41) is 25.6. The molecule has 5 N–H and O–H groups in total. The molecule has 7 nitrogen and oxygen atoms in total. The number of phenolic OH excluding ortho intramolecular Hbond substituents is 2. The number of nitrogens with two attached hydrogens (primary N) is 1. The van der Waals surface area contributed by atoms with Crippen molar-refractivity contribution < 1.29 is 15.0 Å². The lowest BCUT2D eigenvalue weighted by molar-refractivity contribution is 0.0946. The Morgan fingerprint density at radius 3 is 2.63 bits per heavy atom. The minimum atomic E-state index is -0.546. The topological polar surface area (TPSA) is 113 Å².